The van der Waals surface area contributed by atoms with Crippen LogP contribution in [0.2, 0.25) is 0 Å². The van der Waals surface area contributed by atoms with E-state index < -0.39 is 6.10 Å². The van der Waals surface area contributed by atoms with Crippen molar-refractivity contribution in [2.75, 3.05) is 7.11 Å². The summed E-state index contributed by atoms with van der Waals surface area (Å²) in [5.41, 5.74) is 0.914. The summed E-state index contributed by atoms with van der Waals surface area (Å²) in [7, 11) is 1.67. The summed E-state index contributed by atoms with van der Waals surface area (Å²) in [6.07, 6.45) is 5.77. The Labute approximate surface area is 128 Å². The molecule has 0 heterocycles. The van der Waals surface area contributed by atoms with Crippen LogP contribution in [-0.2, 0) is 11.2 Å². The summed E-state index contributed by atoms with van der Waals surface area (Å²) in [4.78, 5) is 0. The molecular weight excluding hydrogens is 323 g/mol. The summed E-state index contributed by atoms with van der Waals surface area (Å²) in [6.45, 7) is 0. The average Bonchev–Trinajstić information content (AvgIpc) is 2.44. The second-order valence-electron chi connectivity index (χ2n) is 5.61. The molecule has 0 aliphatic heterocycles. The number of rotatable bonds is 5. The van der Waals surface area contributed by atoms with Gasteiger partial charge in [-0.2, -0.15) is 0 Å². The third-order valence-corrected chi connectivity index (χ3v) is 4.95. The van der Waals surface area contributed by atoms with Crippen molar-refractivity contribution in [3.8, 4) is 0 Å². The molecule has 1 aliphatic rings. The van der Waals surface area contributed by atoms with Gasteiger partial charge in [0.2, 0.25) is 0 Å². The average molecular weight is 345 g/mol. The van der Waals surface area contributed by atoms with Crippen molar-refractivity contribution in [2.24, 2.45) is 5.92 Å². The zero-order valence-corrected chi connectivity index (χ0v) is 13.4. The van der Waals surface area contributed by atoms with Gasteiger partial charge in [-0.3, -0.25) is 0 Å². The molecule has 2 rings (SSSR count). The number of halogens is 2. The highest BCUT2D eigenvalue weighted by molar-refractivity contribution is 9.10. The molecule has 1 fully saturated rings. The van der Waals surface area contributed by atoms with Crippen LogP contribution in [0.3, 0.4) is 0 Å². The van der Waals surface area contributed by atoms with Crippen LogP contribution in [0.1, 0.15) is 37.7 Å². The molecular formula is C16H22BrFO2. The monoisotopic (exact) mass is 344 g/mol. The van der Waals surface area contributed by atoms with E-state index in [2.05, 4.69) is 15.9 Å². The fourth-order valence-electron chi connectivity index (χ4n) is 3.16. The number of ether oxygens (including phenoxy) is 1. The molecule has 2 unspecified atom stereocenters. The number of aliphatic hydroxyl groups excluding tert-OH is 1. The van der Waals surface area contributed by atoms with Crippen molar-refractivity contribution >= 4 is 15.9 Å². The Morgan fingerprint density at radius 3 is 2.65 bits per heavy atom. The van der Waals surface area contributed by atoms with Gasteiger partial charge < -0.3 is 9.84 Å². The Morgan fingerprint density at radius 1 is 1.35 bits per heavy atom. The standard InChI is InChI=1S/C16H22BrFO2/c1-20-16(11-5-3-2-4-6-11)15(19)9-12-7-8-13(18)10-14(12)17/h7-8,10-11,15-16,19H,2-6,9H2,1H3. The molecule has 0 spiro atoms. The predicted molar refractivity (Wildman–Crippen MR) is 81.2 cm³/mol. The van der Waals surface area contributed by atoms with Gasteiger partial charge in [-0.15, -0.1) is 0 Å². The van der Waals surface area contributed by atoms with Crippen LogP contribution in [0.5, 0.6) is 0 Å². The van der Waals surface area contributed by atoms with Crippen molar-refractivity contribution in [1.82, 2.24) is 0 Å². The van der Waals surface area contributed by atoms with E-state index in [4.69, 9.17) is 4.74 Å². The maximum Gasteiger partial charge on any atom is 0.124 e. The first-order chi connectivity index (χ1) is 9.61. The van der Waals surface area contributed by atoms with Crippen LogP contribution < -0.4 is 0 Å². The summed E-state index contributed by atoms with van der Waals surface area (Å²) in [5, 5.41) is 10.5. The second kappa shape index (κ2) is 7.53. The van der Waals surface area contributed by atoms with E-state index in [1.54, 1.807) is 13.2 Å². The summed E-state index contributed by atoms with van der Waals surface area (Å²) in [5.74, 6) is 0.161. The summed E-state index contributed by atoms with van der Waals surface area (Å²) < 4.78 is 19.3. The maximum absolute atomic E-state index is 13.1. The minimum atomic E-state index is -0.551. The molecule has 1 N–H and O–H groups in total. The molecule has 0 aromatic heterocycles. The Balaban J connectivity index is 2.02. The van der Waals surface area contributed by atoms with Crippen molar-refractivity contribution in [1.29, 1.82) is 0 Å². The van der Waals surface area contributed by atoms with Gasteiger partial charge in [-0.1, -0.05) is 41.3 Å². The first-order valence-corrected chi connectivity index (χ1v) is 8.06. The van der Waals surface area contributed by atoms with Gasteiger partial charge >= 0.3 is 0 Å². The van der Waals surface area contributed by atoms with E-state index in [1.807, 2.05) is 0 Å². The van der Waals surface area contributed by atoms with Crippen LogP contribution in [0.25, 0.3) is 0 Å². The Bertz CT molecular complexity index is 432. The fraction of sp³-hybridized carbons (Fsp3) is 0.625. The van der Waals surface area contributed by atoms with Crippen molar-refractivity contribution in [3.63, 3.8) is 0 Å². The van der Waals surface area contributed by atoms with Gasteiger partial charge in [-0.25, -0.2) is 4.39 Å². The number of benzene rings is 1. The van der Waals surface area contributed by atoms with Gasteiger partial charge in [0.25, 0.3) is 0 Å². The Hall–Kier alpha value is -0.450. The third-order valence-electron chi connectivity index (χ3n) is 4.21. The molecule has 2 atom stereocenters. The van der Waals surface area contributed by atoms with Gasteiger partial charge in [0, 0.05) is 18.0 Å². The molecule has 1 aromatic carbocycles. The number of hydrogen-bond acceptors (Lipinski definition) is 2. The molecule has 1 aliphatic carbocycles. The fourth-order valence-corrected chi connectivity index (χ4v) is 3.67. The Morgan fingerprint density at radius 2 is 2.05 bits per heavy atom. The maximum atomic E-state index is 13.1. The van der Waals surface area contributed by atoms with E-state index in [9.17, 15) is 9.50 Å². The minimum absolute atomic E-state index is 0.132. The zero-order chi connectivity index (χ0) is 14.5. The van der Waals surface area contributed by atoms with Crippen molar-refractivity contribution < 1.29 is 14.2 Å². The molecule has 0 bridgehead atoms. The summed E-state index contributed by atoms with van der Waals surface area (Å²) >= 11 is 3.35. The predicted octanol–water partition coefficient (Wildman–Crippen LogP) is 4.09. The molecule has 4 heteroatoms. The van der Waals surface area contributed by atoms with Crippen LogP contribution >= 0.6 is 15.9 Å². The van der Waals surface area contributed by atoms with E-state index in [-0.39, 0.29) is 11.9 Å². The topological polar surface area (TPSA) is 29.5 Å². The molecule has 1 saturated carbocycles. The SMILES string of the molecule is COC(C(O)Cc1ccc(F)cc1Br)C1CCCCC1. The molecule has 0 radical (unpaired) electrons. The smallest absolute Gasteiger partial charge is 0.124 e. The number of hydrogen-bond donors (Lipinski definition) is 1. The first kappa shape index (κ1) is 15.9. The first-order valence-electron chi connectivity index (χ1n) is 7.26. The Kier molecular flexibility index (Phi) is 6.00. The highest BCUT2D eigenvalue weighted by Gasteiger charge is 2.29. The number of methoxy groups -OCH3 is 1. The van der Waals surface area contributed by atoms with Gasteiger partial charge in [0.15, 0.2) is 0 Å². The van der Waals surface area contributed by atoms with Crippen LogP contribution in [0, 0.1) is 11.7 Å². The molecule has 20 heavy (non-hydrogen) atoms. The van der Waals surface area contributed by atoms with Crippen LogP contribution in [0.4, 0.5) is 4.39 Å². The van der Waals surface area contributed by atoms with Gasteiger partial charge in [0.05, 0.1) is 12.2 Å². The second-order valence-corrected chi connectivity index (χ2v) is 6.46. The summed E-state index contributed by atoms with van der Waals surface area (Å²) in [6, 6.07) is 4.58. The lowest BCUT2D eigenvalue weighted by atomic mass is 9.82. The normalized spacial score (nSPS) is 19.8. The van der Waals surface area contributed by atoms with Crippen LogP contribution in [-0.4, -0.2) is 24.4 Å². The molecule has 1 aromatic rings. The molecule has 0 amide bonds. The van der Waals surface area contributed by atoms with Crippen LogP contribution in [0.15, 0.2) is 22.7 Å². The lowest BCUT2D eigenvalue weighted by Gasteiger charge is -2.32. The van der Waals surface area contributed by atoms with E-state index in [1.165, 1.54) is 31.4 Å². The van der Waals surface area contributed by atoms with Crippen molar-refractivity contribution in [3.05, 3.63) is 34.1 Å². The minimum Gasteiger partial charge on any atom is -0.390 e. The lowest BCUT2D eigenvalue weighted by molar-refractivity contribution is -0.0536. The van der Waals surface area contributed by atoms with Gasteiger partial charge in [-0.05, 0) is 36.5 Å². The molecule has 0 saturated heterocycles. The third kappa shape index (κ3) is 4.03. The van der Waals surface area contributed by atoms with E-state index >= 15 is 0 Å². The molecule has 112 valence electrons. The largest absolute Gasteiger partial charge is 0.390 e. The zero-order valence-electron chi connectivity index (χ0n) is 11.8. The highest BCUT2D eigenvalue weighted by Crippen LogP contribution is 2.31. The van der Waals surface area contributed by atoms with Gasteiger partial charge in [0.1, 0.15) is 5.82 Å². The molecule has 2 nitrogen and oxygen atoms in total. The quantitative estimate of drug-likeness (QED) is 0.871. The van der Waals surface area contributed by atoms with E-state index in [0.29, 0.717) is 16.8 Å². The number of aliphatic hydroxyl groups is 1. The lowest BCUT2D eigenvalue weighted by Crippen LogP contribution is -2.37. The van der Waals surface area contributed by atoms with Crippen molar-refractivity contribution in [2.45, 2.75) is 50.7 Å². The van der Waals surface area contributed by atoms with E-state index in [0.717, 1.165) is 18.4 Å². The highest BCUT2D eigenvalue weighted by atomic mass is 79.9.